The zero-order valence-corrected chi connectivity index (χ0v) is 13.5. The van der Waals surface area contributed by atoms with Crippen LogP contribution in [0.1, 0.15) is 10.4 Å². The Hall–Kier alpha value is -2.87. The maximum absolute atomic E-state index is 13.8. The van der Waals surface area contributed by atoms with Gasteiger partial charge in [0.25, 0.3) is 5.91 Å². The predicted molar refractivity (Wildman–Crippen MR) is 88.0 cm³/mol. The standard InChI is InChI=1S/C16H13FN4O2S/c1-24(23)15-7-4-12(8-14(15)17)20-16(22)11-2-5-13(6-3-11)21-9-18-19-10-21/h2-10H,1H3,(H,20,22)/t24-/m0/s1. The summed E-state index contributed by atoms with van der Waals surface area (Å²) in [6.07, 6.45) is 4.50. The molecule has 6 nitrogen and oxygen atoms in total. The van der Waals surface area contributed by atoms with E-state index >= 15 is 0 Å². The number of hydrogen-bond acceptors (Lipinski definition) is 4. The van der Waals surface area contributed by atoms with Crippen LogP contribution in [0.2, 0.25) is 0 Å². The van der Waals surface area contributed by atoms with Crippen LogP contribution in [0.25, 0.3) is 5.69 Å². The van der Waals surface area contributed by atoms with Crippen molar-refractivity contribution in [2.24, 2.45) is 0 Å². The third-order valence-electron chi connectivity index (χ3n) is 3.35. The summed E-state index contributed by atoms with van der Waals surface area (Å²) in [6.45, 7) is 0. The summed E-state index contributed by atoms with van der Waals surface area (Å²) >= 11 is 0. The van der Waals surface area contributed by atoms with Gasteiger partial charge in [-0.05, 0) is 42.5 Å². The Morgan fingerprint density at radius 3 is 2.38 bits per heavy atom. The van der Waals surface area contributed by atoms with E-state index in [4.69, 9.17) is 0 Å². The highest BCUT2D eigenvalue weighted by molar-refractivity contribution is 7.84. The number of aromatic nitrogens is 3. The van der Waals surface area contributed by atoms with E-state index in [1.807, 2.05) is 0 Å². The van der Waals surface area contributed by atoms with Crippen LogP contribution in [0.4, 0.5) is 10.1 Å². The number of rotatable bonds is 4. The van der Waals surface area contributed by atoms with Gasteiger partial charge in [0.05, 0.1) is 15.7 Å². The Kier molecular flexibility index (Phi) is 4.48. The molecule has 0 fully saturated rings. The number of benzene rings is 2. The van der Waals surface area contributed by atoms with Crippen LogP contribution in [0.3, 0.4) is 0 Å². The first-order valence-corrected chi connectivity index (χ1v) is 8.50. The number of anilines is 1. The number of carbonyl (C=O) groups excluding carboxylic acids is 1. The molecule has 8 heteroatoms. The molecule has 2 aromatic carbocycles. The lowest BCUT2D eigenvalue weighted by atomic mass is 10.2. The number of carbonyl (C=O) groups is 1. The lowest BCUT2D eigenvalue weighted by molar-refractivity contribution is 0.102. The smallest absolute Gasteiger partial charge is 0.255 e. The molecule has 0 aliphatic rings. The van der Waals surface area contributed by atoms with Crippen molar-refractivity contribution in [2.45, 2.75) is 4.90 Å². The molecule has 0 unspecified atom stereocenters. The largest absolute Gasteiger partial charge is 0.322 e. The van der Waals surface area contributed by atoms with Crippen molar-refractivity contribution in [1.82, 2.24) is 14.8 Å². The van der Waals surface area contributed by atoms with E-state index in [2.05, 4.69) is 15.5 Å². The van der Waals surface area contributed by atoms with E-state index in [1.165, 1.54) is 18.4 Å². The maximum atomic E-state index is 13.8. The quantitative estimate of drug-likeness (QED) is 0.788. The fourth-order valence-electron chi connectivity index (χ4n) is 2.13. The molecule has 1 aromatic heterocycles. The highest BCUT2D eigenvalue weighted by Gasteiger charge is 2.10. The van der Waals surface area contributed by atoms with Gasteiger partial charge < -0.3 is 5.32 Å². The minimum Gasteiger partial charge on any atom is -0.322 e. The molecule has 1 N–H and O–H groups in total. The van der Waals surface area contributed by atoms with Gasteiger partial charge in [-0.25, -0.2) is 4.39 Å². The van der Waals surface area contributed by atoms with Crippen molar-refractivity contribution in [1.29, 1.82) is 0 Å². The number of nitrogens with one attached hydrogen (secondary N) is 1. The molecular weight excluding hydrogens is 331 g/mol. The summed E-state index contributed by atoms with van der Waals surface area (Å²) in [5.74, 6) is -0.980. The van der Waals surface area contributed by atoms with Crippen molar-refractivity contribution < 1.29 is 13.4 Å². The third kappa shape index (κ3) is 3.38. The van der Waals surface area contributed by atoms with Crippen molar-refractivity contribution >= 4 is 22.4 Å². The Balaban J connectivity index is 1.75. The Labute approximate surface area is 139 Å². The summed E-state index contributed by atoms with van der Waals surface area (Å²) in [5.41, 5.74) is 1.54. The number of halogens is 1. The summed E-state index contributed by atoms with van der Waals surface area (Å²) in [5, 5.41) is 10.0. The monoisotopic (exact) mass is 344 g/mol. The fourth-order valence-corrected chi connectivity index (χ4v) is 2.73. The molecule has 0 bridgehead atoms. The van der Waals surface area contributed by atoms with Crippen LogP contribution in [-0.4, -0.2) is 31.1 Å². The van der Waals surface area contributed by atoms with Gasteiger partial charge >= 0.3 is 0 Å². The third-order valence-corrected chi connectivity index (χ3v) is 4.30. The Bertz CT molecular complexity index is 895. The highest BCUT2D eigenvalue weighted by Crippen LogP contribution is 2.18. The van der Waals surface area contributed by atoms with Gasteiger partial charge in [0.2, 0.25) is 0 Å². The highest BCUT2D eigenvalue weighted by atomic mass is 32.2. The van der Waals surface area contributed by atoms with Gasteiger partial charge in [0.15, 0.2) is 0 Å². The van der Waals surface area contributed by atoms with Gasteiger partial charge in [-0.2, -0.15) is 0 Å². The Morgan fingerprint density at radius 1 is 1.12 bits per heavy atom. The van der Waals surface area contributed by atoms with Crippen LogP contribution < -0.4 is 5.32 Å². The molecule has 3 rings (SSSR count). The molecule has 0 saturated heterocycles. The molecule has 0 aliphatic carbocycles. The van der Waals surface area contributed by atoms with Crippen LogP contribution in [0.15, 0.2) is 60.0 Å². The molecule has 1 amide bonds. The van der Waals surface area contributed by atoms with Crippen molar-refractivity contribution in [3.05, 3.63) is 66.5 Å². The van der Waals surface area contributed by atoms with Crippen molar-refractivity contribution in [3.8, 4) is 5.69 Å². The number of amides is 1. The van der Waals surface area contributed by atoms with Gasteiger partial charge in [0.1, 0.15) is 18.5 Å². The number of hydrogen-bond donors (Lipinski definition) is 1. The summed E-state index contributed by atoms with van der Waals surface area (Å²) in [6, 6.07) is 10.9. The molecule has 0 spiro atoms. The average Bonchev–Trinajstić information content (AvgIpc) is 3.09. The molecular formula is C16H13FN4O2S. The first-order chi connectivity index (χ1) is 11.5. The van der Waals surface area contributed by atoms with E-state index in [-0.39, 0.29) is 10.8 Å². The fraction of sp³-hybridized carbons (Fsp3) is 0.0625. The topological polar surface area (TPSA) is 76.9 Å². The second kappa shape index (κ2) is 6.71. The first kappa shape index (κ1) is 16.0. The second-order valence-electron chi connectivity index (χ2n) is 4.97. The van der Waals surface area contributed by atoms with Gasteiger partial charge in [-0.15, -0.1) is 10.2 Å². The lowest BCUT2D eigenvalue weighted by Crippen LogP contribution is -2.12. The molecule has 0 saturated carbocycles. The van der Waals surface area contributed by atoms with E-state index in [0.29, 0.717) is 11.3 Å². The van der Waals surface area contributed by atoms with E-state index in [1.54, 1.807) is 41.5 Å². The minimum atomic E-state index is -1.42. The zero-order valence-electron chi connectivity index (χ0n) is 12.6. The van der Waals surface area contributed by atoms with Crippen LogP contribution >= 0.6 is 0 Å². The van der Waals surface area contributed by atoms with Crippen LogP contribution in [0.5, 0.6) is 0 Å². The molecule has 122 valence electrons. The zero-order chi connectivity index (χ0) is 17.1. The summed E-state index contributed by atoms with van der Waals surface area (Å²) < 4.78 is 26.8. The van der Waals surface area contributed by atoms with Gasteiger partial charge in [-0.3, -0.25) is 13.6 Å². The minimum absolute atomic E-state index is 0.103. The van der Waals surface area contributed by atoms with Gasteiger partial charge in [0, 0.05) is 23.2 Å². The van der Waals surface area contributed by atoms with Crippen molar-refractivity contribution in [2.75, 3.05) is 11.6 Å². The van der Waals surface area contributed by atoms with E-state index in [0.717, 1.165) is 11.8 Å². The lowest BCUT2D eigenvalue weighted by Gasteiger charge is -2.08. The SMILES string of the molecule is C[S@](=O)c1ccc(NC(=O)c2ccc(-n3cnnc3)cc2)cc1F. The van der Waals surface area contributed by atoms with Crippen molar-refractivity contribution in [3.63, 3.8) is 0 Å². The molecule has 0 radical (unpaired) electrons. The first-order valence-electron chi connectivity index (χ1n) is 6.94. The average molecular weight is 344 g/mol. The molecule has 24 heavy (non-hydrogen) atoms. The van der Waals surface area contributed by atoms with Crippen LogP contribution in [0, 0.1) is 5.82 Å². The number of nitrogens with zero attached hydrogens (tertiary/aromatic N) is 3. The predicted octanol–water partition coefficient (Wildman–Crippen LogP) is 2.40. The summed E-state index contributed by atoms with van der Waals surface area (Å²) in [4.78, 5) is 12.3. The van der Waals surface area contributed by atoms with E-state index in [9.17, 15) is 13.4 Å². The second-order valence-corrected chi connectivity index (χ2v) is 6.32. The van der Waals surface area contributed by atoms with Gasteiger partial charge in [-0.1, -0.05) is 0 Å². The Morgan fingerprint density at radius 2 is 1.79 bits per heavy atom. The normalized spacial score (nSPS) is 11.9. The maximum Gasteiger partial charge on any atom is 0.255 e. The molecule has 3 aromatic rings. The molecule has 1 atom stereocenters. The molecule has 1 heterocycles. The molecule has 0 aliphatic heterocycles. The summed E-state index contributed by atoms with van der Waals surface area (Å²) in [7, 11) is -1.42. The van der Waals surface area contributed by atoms with E-state index < -0.39 is 16.6 Å². The van der Waals surface area contributed by atoms with Crippen LogP contribution in [-0.2, 0) is 10.8 Å².